The maximum atomic E-state index is 13.0. The van der Waals surface area contributed by atoms with Gasteiger partial charge in [-0.1, -0.05) is 12.1 Å². The van der Waals surface area contributed by atoms with Crippen LogP contribution in [0.1, 0.15) is 10.4 Å². The fraction of sp³-hybridized carbons (Fsp3) is 0.0455. The van der Waals surface area contributed by atoms with Crippen LogP contribution in [0.4, 0.5) is 4.39 Å². The predicted octanol–water partition coefficient (Wildman–Crippen LogP) is 3.17. The van der Waals surface area contributed by atoms with Gasteiger partial charge in [0.2, 0.25) is 5.89 Å². The van der Waals surface area contributed by atoms with E-state index in [9.17, 15) is 17.6 Å². The van der Waals surface area contributed by atoms with Crippen LogP contribution >= 0.6 is 0 Å². The number of hydrogen-bond donors (Lipinski definition) is 2. The van der Waals surface area contributed by atoms with Crippen molar-refractivity contribution in [3.8, 4) is 28.7 Å². The van der Waals surface area contributed by atoms with Crippen molar-refractivity contribution < 1.29 is 26.8 Å². The van der Waals surface area contributed by atoms with Gasteiger partial charge in [0, 0.05) is 11.1 Å². The van der Waals surface area contributed by atoms with E-state index >= 15 is 0 Å². The molecule has 0 unspecified atom stereocenters. The average molecular weight is 468 g/mol. The standard InChI is InChI=1S/C22H17FN4O5S/c1-31-19-5-3-2-4-18(19)22-26-25-21(32-22)15-8-6-14(7-9-15)20(28)24-27-33(29,30)17-12-10-16(23)11-13-17/h2-13,27H,1H3,(H,24,28). The minimum Gasteiger partial charge on any atom is -0.496 e. The fourth-order valence-corrected chi connectivity index (χ4v) is 3.73. The lowest BCUT2D eigenvalue weighted by molar-refractivity contribution is 0.0945. The molecule has 0 aliphatic rings. The Balaban J connectivity index is 1.45. The van der Waals surface area contributed by atoms with E-state index in [0.717, 1.165) is 24.3 Å². The molecule has 2 N–H and O–H groups in total. The average Bonchev–Trinajstić information content (AvgIpc) is 3.33. The van der Waals surface area contributed by atoms with E-state index in [2.05, 4.69) is 15.6 Å². The maximum absolute atomic E-state index is 13.0. The second-order valence-electron chi connectivity index (χ2n) is 6.70. The third-order valence-corrected chi connectivity index (χ3v) is 5.84. The summed E-state index contributed by atoms with van der Waals surface area (Å²) in [7, 11) is -2.51. The second kappa shape index (κ2) is 9.18. The van der Waals surface area contributed by atoms with Gasteiger partial charge in [0.05, 0.1) is 17.6 Å². The Morgan fingerprint density at radius 1 is 0.939 bits per heavy atom. The van der Waals surface area contributed by atoms with E-state index in [0.29, 0.717) is 16.9 Å². The molecule has 4 aromatic rings. The van der Waals surface area contributed by atoms with Crippen LogP contribution in [0.25, 0.3) is 22.9 Å². The molecule has 1 amide bonds. The van der Waals surface area contributed by atoms with Gasteiger partial charge in [-0.3, -0.25) is 10.2 Å². The molecule has 0 atom stereocenters. The van der Waals surface area contributed by atoms with Gasteiger partial charge in [-0.15, -0.1) is 15.0 Å². The van der Waals surface area contributed by atoms with E-state index in [4.69, 9.17) is 9.15 Å². The topological polar surface area (TPSA) is 123 Å². The molecule has 9 nitrogen and oxygen atoms in total. The van der Waals surface area contributed by atoms with Crippen LogP contribution in [-0.4, -0.2) is 31.6 Å². The number of sulfonamides is 1. The highest BCUT2D eigenvalue weighted by atomic mass is 32.2. The summed E-state index contributed by atoms with van der Waals surface area (Å²) in [5.74, 6) is -0.163. The van der Waals surface area contributed by atoms with Gasteiger partial charge in [0.1, 0.15) is 11.6 Å². The van der Waals surface area contributed by atoms with E-state index in [-0.39, 0.29) is 22.2 Å². The van der Waals surface area contributed by atoms with E-state index in [1.54, 1.807) is 31.4 Å². The van der Waals surface area contributed by atoms with Crippen molar-refractivity contribution >= 4 is 15.9 Å². The lowest BCUT2D eigenvalue weighted by Crippen LogP contribution is -2.41. The van der Waals surface area contributed by atoms with E-state index in [1.165, 1.54) is 12.1 Å². The Morgan fingerprint density at radius 2 is 1.61 bits per heavy atom. The number of aromatic nitrogens is 2. The maximum Gasteiger partial charge on any atom is 0.266 e. The molecule has 3 aromatic carbocycles. The van der Waals surface area contributed by atoms with Gasteiger partial charge in [-0.25, -0.2) is 12.8 Å². The largest absolute Gasteiger partial charge is 0.496 e. The molecule has 4 rings (SSSR count). The highest BCUT2D eigenvalue weighted by Gasteiger charge is 2.17. The predicted molar refractivity (Wildman–Crippen MR) is 116 cm³/mol. The highest BCUT2D eigenvalue weighted by molar-refractivity contribution is 7.89. The van der Waals surface area contributed by atoms with Gasteiger partial charge in [-0.2, -0.15) is 0 Å². The first kappa shape index (κ1) is 22.1. The van der Waals surface area contributed by atoms with Crippen molar-refractivity contribution in [2.45, 2.75) is 4.90 Å². The Kier molecular flexibility index (Phi) is 6.16. The minimum absolute atomic E-state index is 0.185. The number of carbonyl (C=O) groups is 1. The Morgan fingerprint density at radius 3 is 2.30 bits per heavy atom. The summed E-state index contributed by atoms with van der Waals surface area (Å²) in [6.45, 7) is 0. The van der Waals surface area contributed by atoms with E-state index in [1.807, 2.05) is 17.0 Å². The quantitative estimate of drug-likeness (QED) is 0.399. The number of ether oxygens (including phenoxy) is 1. The number of halogens is 1. The molecule has 0 aliphatic carbocycles. The molecule has 0 bridgehead atoms. The van der Waals surface area contributed by atoms with E-state index < -0.39 is 21.7 Å². The summed E-state index contributed by atoms with van der Waals surface area (Å²) in [6, 6.07) is 17.5. The summed E-state index contributed by atoms with van der Waals surface area (Å²) >= 11 is 0. The van der Waals surface area contributed by atoms with Gasteiger partial charge >= 0.3 is 0 Å². The van der Waals surface area contributed by atoms with Crippen LogP contribution in [-0.2, 0) is 10.0 Å². The number of hydrazine groups is 1. The van der Waals surface area contributed by atoms with Gasteiger partial charge in [0.15, 0.2) is 0 Å². The zero-order chi connectivity index (χ0) is 23.4. The third kappa shape index (κ3) is 4.89. The van der Waals surface area contributed by atoms with Crippen molar-refractivity contribution in [1.82, 2.24) is 20.5 Å². The number of amides is 1. The summed E-state index contributed by atoms with van der Waals surface area (Å²) < 4.78 is 48.4. The zero-order valence-electron chi connectivity index (χ0n) is 17.2. The highest BCUT2D eigenvalue weighted by Crippen LogP contribution is 2.30. The van der Waals surface area contributed by atoms with Gasteiger partial charge in [-0.05, 0) is 60.7 Å². The molecule has 0 spiro atoms. The van der Waals surface area contributed by atoms with Gasteiger partial charge < -0.3 is 9.15 Å². The zero-order valence-corrected chi connectivity index (χ0v) is 18.0. The molecule has 0 aliphatic heterocycles. The number of carbonyl (C=O) groups excluding carboxylic acids is 1. The molecule has 11 heteroatoms. The molecular formula is C22H17FN4O5S. The number of rotatable bonds is 7. The number of benzene rings is 3. The monoisotopic (exact) mass is 468 g/mol. The Bertz CT molecular complexity index is 1390. The minimum atomic E-state index is -4.05. The number of methoxy groups -OCH3 is 1. The van der Waals surface area contributed by atoms with Gasteiger partial charge in [0.25, 0.3) is 21.8 Å². The summed E-state index contributed by atoms with van der Waals surface area (Å²) in [5, 5.41) is 8.07. The fourth-order valence-electron chi connectivity index (χ4n) is 2.89. The molecule has 1 aromatic heterocycles. The Hall–Kier alpha value is -4.09. The van der Waals surface area contributed by atoms with Crippen LogP contribution < -0.4 is 15.0 Å². The molecule has 33 heavy (non-hydrogen) atoms. The lowest BCUT2D eigenvalue weighted by atomic mass is 10.1. The number of nitrogens with one attached hydrogen (secondary N) is 2. The summed E-state index contributed by atoms with van der Waals surface area (Å²) in [4.78, 5) is 14.1. The third-order valence-electron chi connectivity index (χ3n) is 4.58. The first-order valence-corrected chi connectivity index (χ1v) is 11.0. The molecule has 0 fully saturated rings. The molecule has 0 saturated heterocycles. The normalized spacial score (nSPS) is 11.2. The van der Waals surface area contributed by atoms with Crippen molar-refractivity contribution in [2.24, 2.45) is 0 Å². The molecule has 0 saturated carbocycles. The second-order valence-corrected chi connectivity index (χ2v) is 8.39. The molecular weight excluding hydrogens is 451 g/mol. The van der Waals surface area contributed by atoms with Crippen molar-refractivity contribution in [3.05, 3.63) is 84.2 Å². The van der Waals surface area contributed by atoms with Crippen LogP contribution in [0.15, 0.2) is 82.1 Å². The van der Waals surface area contributed by atoms with Crippen LogP contribution in [0.5, 0.6) is 5.75 Å². The first-order chi connectivity index (χ1) is 15.9. The van der Waals surface area contributed by atoms with Crippen molar-refractivity contribution in [2.75, 3.05) is 7.11 Å². The molecule has 0 radical (unpaired) electrons. The van der Waals surface area contributed by atoms with Crippen LogP contribution in [0, 0.1) is 5.82 Å². The number of nitrogens with zero attached hydrogens (tertiary/aromatic N) is 2. The summed E-state index contributed by atoms with van der Waals surface area (Å²) in [6.07, 6.45) is 0. The Labute approximate surface area is 188 Å². The summed E-state index contributed by atoms with van der Waals surface area (Å²) in [5.41, 5.74) is 3.50. The number of para-hydroxylation sites is 1. The SMILES string of the molecule is COc1ccccc1-c1nnc(-c2ccc(C(=O)NNS(=O)(=O)c3ccc(F)cc3)cc2)o1. The van der Waals surface area contributed by atoms with Crippen LogP contribution in [0.2, 0.25) is 0 Å². The van der Waals surface area contributed by atoms with Crippen molar-refractivity contribution in [1.29, 1.82) is 0 Å². The molecule has 168 valence electrons. The smallest absolute Gasteiger partial charge is 0.266 e. The molecule has 1 heterocycles. The lowest BCUT2D eigenvalue weighted by Gasteiger charge is -2.08. The number of hydrogen-bond acceptors (Lipinski definition) is 7. The van der Waals surface area contributed by atoms with Crippen LogP contribution in [0.3, 0.4) is 0 Å². The first-order valence-electron chi connectivity index (χ1n) is 9.52. The van der Waals surface area contributed by atoms with Crippen molar-refractivity contribution in [3.63, 3.8) is 0 Å².